The summed E-state index contributed by atoms with van der Waals surface area (Å²) in [6.45, 7) is -2.98. The molecule has 1 N–H and O–H groups in total. The summed E-state index contributed by atoms with van der Waals surface area (Å²) in [6.07, 6.45) is 0. The maximum atomic E-state index is 15.1. The van der Waals surface area contributed by atoms with Crippen molar-refractivity contribution in [3.63, 3.8) is 0 Å². The molecule has 192 valence electrons. The van der Waals surface area contributed by atoms with Gasteiger partial charge >= 0.3 is 6.61 Å². The minimum Gasteiger partial charge on any atom is -0.497 e. The van der Waals surface area contributed by atoms with Gasteiger partial charge in [-0.25, -0.2) is 13.5 Å². The molecule has 0 radical (unpaired) electrons. The van der Waals surface area contributed by atoms with Crippen LogP contribution in [0.4, 0.5) is 23.2 Å². The van der Waals surface area contributed by atoms with Crippen molar-refractivity contribution in [2.75, 3.05) is 12.4 Å². The summed E-state index contributed by atoms with van der Waals surface area (Å²) >= 11 is 0. The molecule has 0 unspecified atom stereocenters. The molecule has 1 aromatic heterocycles. The van der Waals surface area contributed by atoms with Crippen molar-refractivity contribution >= 4 is 11.6 Å². The Balaban J connectivity index is 1.81. The van der Waals surface area contributed by atoms with Crippen molar-refractivity contribution in [2.24, 2.45) is 7.05 Å². The maximum absolute atomic E-state index is 15.1. The largest absolute Gasteiger partial charge is 0.497 e. The van der Waals surface area contributed by atoms with Gasteiger partial charge in [-0.3, -0.25) is 14.3 Å². The molecule has 0 aliphatic heterocycles. The molecule has 4 aromatic rings. The highest BCUT2D eigenvalue weighted by Gasteiger charge is 2.27. The molecule has 0 fully saturated rings. The second kappa shape index (κ2) is 10.6. The Labute approximate surface area is 208 Å². The van der Waals surface area contributed by atoms with E-state index in [9.17, 15) is 18.4 Å². The molecule has 0 saturated heterocycles. The third kappa shape index (κ3) is 5.35. The number of carbonyl (C=O) groups is 1. The van der Waals surface area contributed by atoms with Crippen LogP contribution in [0.5, 0.6) is 11.5 Å². The lowest BCUT2D eigenvalue weighted by Gasteiger charge is -2.13. The van der Waals surface area contributed by atoms with Crippen LogP contribution in [0.3, 0.4) is 0 Å². The number of nitrogens with zero attached hydrogens (tertiary/aromatic N) is 2. The molecule has 3 aromatic carbocycles. The highest BCUT2D eigenvalue weighted by molar-refractivity contribution is 6.06. The molecule has 4 rings (SSSR count). The standard InChI is InChI=1S/C26H21F4N3O4/c1-32-23(21-19(27)12-18(36-2)13-20(21)28)22(25(35)33(32)14-15-6-4-3-5-7-15)31-24(34)16-8-10-17(11-9-16)37-26(29)30/h3-13,26H,14H2,1-2H3,(H,31,34). The topological polar surface area (TPSA) is 74.5 Å². The highest BCUT2D eigenvalue weighted by Crippen LogP contribution is 2.34. The summed E-state index contributed by atoms with van der Waals surface area (Å²) in [5.74, 6) is -3.04. The molecule has 1 amide bonds. The van der Waals surface area contributed by atoms with E-state index in [2.05, 4.69) is 10.1 Å². The predicted octanol–water partition coefficient (Wildman–Crippen LogP) is 5.04. The van der Waals surface area contributed by atoms with Crippen molar-refractivity contribution in [1.82, 2.24) is 9.36 Å². The number of anilines is 1. The fourth-order valence-electron chi connectivity index (χ4n) is 3.85. The molecular formula is C26H21F4N3O4. The second-order valence-electron chi connectivity index (χ2n) is 7.92. The van der Waals surface area contributed by atoms with Gasteiger partial charge in [0.05, 0.1) is 24.9 Å². The average Bonchev–Trinajstić information content (AvgIpc) is 3.08. The van der Waals surface area contributed by atoms with Gasteiger partial charge in [-0.05, 0) is 29.8 Å². The monoisotopic (exact) mass is 515 g/mol. The molecule has 7 nitrogen and oxygen atoms in total. The van der Waals surface area contributed by atoms with Crippen LogP contribution in [0.25, 0.3) is 11.3 Å². The zero-order valence-corrected chi connectivity index (χ0v) is 19.7. The van der Waals surface area contributed by atoms with E-state index in [4.69, 9.17) is 4.74 Å². The summed E-state index contributed by atoms with van der Waals surface area (Å²) in [5, 5.41) is 2.44. The molecular weight excluding hydrogens is 494 g/mol. The van der Waals surface area contributed by atoms with E-state index in [1.807, 2.05) is 0 Å². The number of hydrogen-bond acceptors (Lipinski definition) is 4. The number of amides is 1. The summed E-state index contributed by atoms with van der Waals surface area (Å²) < 4.78 is 66.7. The Kier molecular flexibility index (Phi) is 7.32. The van der Waals surface area contributed by atoms with Crippen LogP contribution in [0.15, 0.2) is 71.5 Å². The third-order valence-electron chi connectivity index (χ3n) is 5.61. The Bertz CT molecular complexity index is 1460. The lowest BCUT2D eigenvalue weighted by atomic mass is 10.1. The first-order valence-electron chi connectivity index (χ1n) is 10.9. The van der Waals surface area contributed by atoms with E-state index in [0.717, 1.165) is 29.8 Å². The summed E-state index contributed by atoms with van der Waals surface area (Å²) in [4.78, 5) is 26.4. The zero-order chi connectivity index (χ0) is 26.7. The molecule has 11 heteroatoms. The lowest BCUT2D eigenvalue weighted by molar-refractivity contribution is -0.0498. The van der Waals surface area contributed by atoms with E-state index in [-0.39, 0.29) is 35.0 Å². The van der Waals surface area contributed by atoms with Crippen molar-refractivity contribution in [2.45, 2.75) is 13.2 Å². The first kappa shape index (κ1) is 25.5. The van der Waals surface area contributed by atoms with Crippen LogP contribution in [0.2, 0.25) is 0 Å². The predicted molar refractivity (Wildman–Crippen MR) is 128 cm³/mol. The van der Waals surface area contributed by atoms with Gasteiger partial charge in [-0.1, -0.05) is 30.3 Å². The number of hydrogen-bond donors (Lipinski definition) is 1. The quantitative estimate of drug-likeness (QED) is 0.334. The van der Waals surface area contributed by atoms with E-state index < -0.39 is 35.3 Å². The molecule has 0 spiro atoms. The Morgan fingerprint density at radius 2 is 1.59 bits per heavy atom. The number of benzene rings is 3. The Hall–Kier alpha value is -4.54. The Morgan fingerprint density at radius 3 is 2.16 bits per heavy atom. The molecule has 1 heterocycles. The number of methoxy groups -OCH3 is 1. The number of ether oxygens (including phenoxy) is 2. The second-order valence-corrected chi connectivity index (χ2v) is 7.92. The maximum Gasteiger partial charge on any atom is 0.387 e. The highest BCUT2D eigenvalue weighted by atomic mass is 19.3. The van der Waals surface area contributed by atoms with E-state index >= 15 is 8.78 Å². The van der Waals surface area contributed by atoms with E-state index in [0.29, 0.717) is 0 Å². The molecule has 0 saturated carbocycles. The first-order chi connectivity index (χ1) is 17.7. The van der Waals surface area contributed by atoms with Gasteiger partial charge in [0, 0.05) is 24.7 Å². The van der Waals surface area contributed by atoms with Gasteiger partial charge in [0.1, 0.15) is 28.8 Å². The SMILES string of the molecule is COc1cc(F)c(-c2c(NC(=O)c3ccc(OC(F)F)cc3)c(=O)n(Cc3ccccc3)n2C)c(F)c1. The van der Waals surface area contributed by atoms with Crippen molar-refractivity contribution in [3.05, 3.63) is 99.8 Å². The molecule has 0 aliphatic carbocycles. The molecule has 0 aliphatic rings. The molecule has 37 heavy (non-hydrogen) atoms. The summed E-state index contributed by atoms with van der Waals surface area (Å²) in [6, 6.07) is 15.6. The van der Waals surface area contributed by atoms with Crippen molar-refractivity contribution in [3.8, 4) is 22.8 Å². The minimum absolute atomic E-state index is 0.00102. The van der Waals surface area contributed by atoms with Gasteiger partial charge in [-0.15, -0.1) is 0 Å². The lowest BCUT2D eigenvalue weighted by Crippen LogP contribution is -2.24. The smallest absolute Gasteiger partial charge is 0.387 e. The fraction of sp³-hybridized carbons (Fsp3) is 0.154. The minimum atomic E-state index is -3.04. The van der Waals surface area contributed by atoms with Gasteiger partial charge in [-0.2, -0.15) is 8.78 Å². The zero-order valence-electron chi connectivity index (χ0n) is 19.7. The van der Waals surface area contributed by atoms with E-state index in [1.54, 1.807) is 30.3 Å². The van der Waals surface area contributed by atoms with Gasteiger partial charge in [0.2, 0.25) is 0 Å². The van der Waals surface area contributed by atoms with Gasteiger partial charge < -0.3 is 14.8 Å². The van der Waals surface area contributed by atoms with Crippen LogP contribution in [-0.4, -0.2) is 29.0 Å². The third-order valence-corrected chi connectivity index (χ3v) is 5.61. The molecule has 0 atom stereocenters. The summed E-state index contributed by atoms with van der Waals surface area (Å²) in [7, 11) is 2.69. The molecule has 0 bridgehead atoms. The first-order valence-corrected chi connectivity index (χ1v) is 10.9. The number of rotatable bonds is 8. The van der Waals surface area contributed by atoms with Crippen molar-refractivity contribution < 1.29 is 31.8 Å². The number of nitrogens with one attached hydrogen (secondary N) is 1. The van der Waals surface area contributed by atoms with Crippen LogP contribution < -0.4 is 20.3 Å². The van der Waals surface area contributed by atoms with Crippen LogP contribution in [0, 0.1) is 11.6 Å². The van der Waals surface area contributed by atoms with Crippen LogP contribution >= 0.6 is 0 Å². The van der Waals surface area contributed by atoms with Crippen molar-refractivity contribution in [1.29, 1.82) is 0 Å². The average molecular weight is 515 g/mol. The number of halogens is 4. The summed E-state index contributed by atoms with van der Waals surface area (Å²) in [5.41, 5.74) is -1.07. The van der Waals surface area contributed by atoms with Gasteiger partial charge in [0.15, 0.2) is 0 Å². The normalized spacial score (nSPS) is 11.0. The van der Waals surface area contributed by atoms with Crippen LogP contribution in [0.1, 0.15) is 15.9 Å². The Morgan fingerprint density at radius 1 is 0.973 bits per heavy atom. The van der Waals surface area contributed by atoms with Gasteiger partial charge in [0.25, 0.3) is 11.5 Å². The number of carbonyl (C=O) groups excluding carboxylic acids is 1. The van der Waals surface area contributed by atoms with Crippen LogP contribution in [-0.2, 0) is 13.6 Å². The van der Waals surface area contributed by atoms with E-state index in [1.165, 1.54) is 35.7 Å². The number of aromatic nitrogens is 2. The fourth-order valence-corrected chi connectivity index (χ4v) is 3.85. The number of alkyl halides is 2.